The van der Waals surface area contributed by atoms with E-state index in [4.69, 9.17) is 11.6 Å². The van der Waals surface area contributed by atoms with Crippen LogP contribution < -0.4 is 10.2 Å². The molecular weight excluding hydrogens is 248 g/mol. The lowest BCUT2D eigenvalue weighted by atomic mass is 10.2. The predicted molar refractivity (Wildman–Crippen MR) is 75.1 cm³/mol. The zero-order chi connectivity index (χ0) is 13.0. The van der Waals surface area contributed by atoms with Crippen molar-refractivity contribution >= 4 is 23.2 Å². The van der Waals surface area contributed by atoms with Gasteiger partial charge in [0.15, 0.2) is 0 Å². The monoisotopic (exact) mass is 262 g/mol. The highest BCUT2D eigenvalue weighted by molar-refractivity contribution is 6.30. The number of hydrogen-bond acceptors (Lipinski definition) is 4. The Morgan fingerprint density at radius 3 is 2.83 bits per heavy atom. The van der Waals surface area contributed by atoms with Gasteiger partial charge in [-0.3, -0.25) is 0 Å². The fourth-order valence-electron chi connectivity index (χ4n) is 1.68. The molecule has 0 fully saturated rings. The van der Waals surface area contributed by atoms with Gasteiger partial charge in [0.25, 0.3) is 0 Å². The quantitative estimate of drug-likeness (QED) is 0.920. The lowest BCUT2D eigenvalue weighted by molar-refractivity contribution is 0.891. The van der Waals surface area contributed by atoms with E-state index in [0.717, 1.165) is 28.8 Å². The lowest BCUT2D eigenvalue weighted by Gasteiger charge is -2.18. The second kappa shape index (κ2) is 5.69. The number of rotatable bonds is 4. The van der Waals surface area contributed by atoms with Crippen LogP contribution in [-0.4, -0.2) is 24.1 Å². The number of benzene rings is 1. The number of aromatic nitrogens is 2. The summed E-state index contributed by atoms with van der Waals surface area (Å²) in [5.74, 6) is 1.67. The van der Waals surface area contributed by atoms with E-state index in [-0.39, 0.29) is 0 Å². The van der Waals surface area contributed by atoms with Crippen molar-refractivity contribution in [2.24, 2.45) is 0 Å². The average molecular weight is 263 g/mol. The molecule has 4 nitrogen and oxygen atoms in total. The Morgan fingerprint density at radius 2 is 2.11 bits per heavy atom. The molecule has 1 N–H and O–H groups in total. The van der Waals surface area contributed by atoms with Gasteiger partial charge in [0.1, 0.15) is 18.0 Å². The molecule has 0 aliphatic carbocycles. The van der Waals surface area contributed by atoms with Crippen molar-refractivity contribution in [3.8, 4) is 0 Å². The highest BCUT2D eigenvalue weighted by Gasteiger charge is 2.05. The number of anilines is 2. The molecule has 2 rings (SSSR count). The van der Waals surface area contributed by atoms with Crippen molar-refractivity contribution in [3.05, 3.63) is 47.2 Å². The van der Waals surface area contributed by atoms with Gasteiger partial charge < -0.3 is 10.2 Å². The minimum absolute atomic E-state index is 0.750. The van der Waals surface area contributed by atoms with E-state index in [1.165, 1.54) is 0 Å². The summed E-state index contributed by atoms with van der Waals surface area (Å²) in [4.78, 5) is 10.4. The summed E-state index contributed by atoms with van der Waals surface area (Å²) in [6, 6.07) is 9.73. The largest absolute Gasteiger partial charge is 0.373 e. The van der Waals surface area contributed by atoms with Crippen LogP contribution in [0.4, 0.5) is 11.6 Å². The van der Waals surface area contributed by atoms with Crippen LogP contribution in [0.2, 0.25) is 5.02 Å². The molecule has 0 bridgehead atoms. The molecule has 0 radical (unpaired) electrons. The third-order valence-corrected chi connectivity index (χ3v) is 2.84. The van der Waals surface area contributed by atoms with Crippen LogP contribution in [0.15, 0.2) is 36.7 Å². The van der Waals surface area contributed by atoms with Crippen LogP contribution >= 0.6 is 11.6 Å². The first kappa shape index (κ1) is 12.6. The molecule has 0 unspecified atom stereocenters. The van der Waals surface area contributed by atoms with E-state index in [1.54, 1.807) is 6.33 Å². The van der Waals surface area contributed by atoms with Gasteiger partial charge in [-0.15, -0.1) is 0 Å². The van der Waals surface area contributed by atoms with Crippen molar-refractivity contribution in [3.63, 3.8) is 0 Å². The van der Waals surface area contributed by atoms with Gasteiger partial charge in [0.2, 0.25) is 0 Å². The Kier molecular flexibility index (Phi) is 3.99. The fraction of sp³-hybridized carbons (Fsp3) is 0.231. The van der Waals surface area contributed by atoms with Gasteiger partial charge in [0.05, 0.1) is 0 Å². The highest BCUT2D eigenvalue weighted by atomic mass is 35.5. The van der Waals surface area contributed by atoms with E-state index in [2.05, 4.69) is 15.3 Å². The van der Waals surface area contributed by atoms with E-state index in [0.29, 0.717) is 0 Å². The molecule has 0 atom stereocenters. The van der Waals surface area contributed by atoms with Gasteiger partial charge in [-0.05, 0) is 17.7 Å². The minimum atomic E-state index is 0.750. The average Bonchev–Trinajstić information content (AvgIpc) is 2.39. The molecule has 0 aliphatic heterocycles. The molecule has 1 aromatic carbocycles. The molecule has 0 spiro atoms. The molecule has 94 valence electrons. The van der Waals surface area contributed by atoms with Crippen molar-refractivity contribution in [1.29, 1.82) is 0 Å². The van der Waals surface area contributed by atoms with Crippen molar-refractivity contribution in [1.82, 2.24) is 9.97 Å². The van der Waals surface area contributed by atoms with Crippen LogP contribution in [0, 0.1) is 0 Å². The van der Waals surface area contributed by atoms with E-state index < -0.39 is 0 Å². The maximum Gasteiger partial charge on any atom is 0.134 e. The number of nitrogens with one attached hydrogen (secondary N) is 1. The summed E-state index contributed by atoms with van der Waals surface area (Å²) in [7, 11) is 3.83. The first-order valence-electron chi connectivity index (χ1n) is 5.64. The second-order valence-electron chi connectivity index (χ2n) is 4.00. The smallest absolute Gasteiger partial charge is 0.134 e. The molecule has 5 heteroatoms. The van der Waals surface area contributed by atoms with E-state index in [1.807, 2.05) is 49.3 Å². The lowest BCUT2D eigenvalue weighted by Crippen LogP contribution is -2.18. The third-order valence-electron chi connectivity index (χ3n) is 2.61. The normalized spacial score (nSPS) is 10.2. The number of halogens is 1. The van der Waals surface area contributed by atoms with E-state index in [9.17, 15) is 0 Å². The Labute approximate surface area is 112 Å². The van der Waals surface area contributed by atoms with Gasteiger partial charge >= 0.3 is 0 Å². The minimum Gasteiger partial charge on any atom is -0.373 e. The molecule has 0 aliphatic rings. The summed E-state index contributed by atoms with van der Waals surface area (Å²) in [6.45, 7) is 0.751. The van der Waals surface area contributed by atoms with Gasteiger partial charge in [-0.25, -0.2) is 9.97 Å². The molecule has 1 heterocycles. The van der Waals surface area contributed by atoms with Crippen LogP contribution in [0.3, 0.4) is 0 Å². The van der Waals surface area contributed by atoms with Crippen LogP contribution in [0.5, 0.6) is 0 Å². The first-order chi connectivity index (χ1) is 8.69. The molecule has 1 aromatic heterocycles. The Balaban J connectivity index is 2.13. The first-order valence-corrected chi connectivity index (χ1v) is 6.02. The molecule has 0 amide bonds. The zero-order valence-electron chi connectivity index (χ0n) is 10.4. The molecule has 0 saturated carbocycles. The van der Waals surface area contributed by atoms with E-state index >= 15 is 0 Å². The summed E-state index contributed by atoms with van der Waals surface area (Å²) < 4.78 is 0. The number of hydrogen-bond donors (Lipinski definition) is 1. The van der Waals surface area contributed by atoms with Crippen molar-refractivity contribution in [2.45, 2.75) is 6.54 Å². The van der Waals surface area contributed by atoms with Crippen LogP contribution in [0.25, 0.3) is 0 Å². The topological polar surface area (TPSA) is 41.0 Å². The number of nitrogens with zero attached hydrogens (tertiary/aromatic N) is 3. The summed E-state index contributed by atoms with van der Waals surface area (Å²) in [5, 5.41) is 3.75. The van der Waals surface area contributed by atoms with Gasteiger partial charge in [-0.2, -0.15) is 0 Å². The highest BCUT2D eigenvalue weighted by Crippen LogP contribution is 2.17. The Bertz CT molecular complexity index is 530. The second-order valence-corrected chi connectivity index (χ2v) is 4.43. The maximum absolute atomic E-state index is 5.97. The fourth-order valence-corrected chi connectivity index (χ4v) is 1.90. The third kappa shape index (κ3) is 3.11. The molecule has 2 aromatic rings. The van der Waals surface area contributed by atoms with Crippen LogP contribution in [-0.2, 0) is 6.54 Å². The molecule has 18 heavy (non-hydrogen) atoms. The summed E-state index contributed by atoms with van der Waals surface area (Å²) in [6.07, 6.45) is 1.55. The maximum atomic E-state index is 5.97. The predicted octanol–water partition coefficient (Wildman–Crippen LogP) is 2.81. The standard InChI is InChI=1S/C13H15ClN4/c1-15-12-7-13(17-9-16-12)18(2)8-10-4-3-5-11(14)6-10/h3-7,9H,8H2,1-2H3,(H,15,16,17). The van der Waals surface area contributed by atoms with Crippen molar-refractivity contribution < 1.29 is 0 Å². The summed E-state index contributed by atoms with van der Waals surface area (Å²) in [5.41, 5.74) is 1.15. The van der Waals surface area contributed by atoms with Gasteiger partial charge in [0, 0.05) is 31.7 Å². The molecule has 0 saturated heterocycles. The van der Waals surface area contributed by atoms with Crippen LogP contribution in [0.1, 0.15) is 5.56 Å². The SMILES string of the molecule is CNc1cc(N(C)Cc2cccc(Cl)c2)ncn1. The Hall–Kier alpha value is -1.81. The van der Waals surface area contributed by atoms with Gasteiger partial charge in [-0.1, -0.05) is 23.7 Å². The van der Waals surface area contributed by atoms with Crippen molar-refractivity contribution in [2.75, 3.05) is 24.3 Å². The zero-order valence-corrected chi connectivity index (χ0v) is 11.1. The Morgan fingerprint density at radius 1 is 1.28 bits per heavy atom. The summed E-state index contributed by atoms with van der Waals surface area (Å²) >= 11 is 5.97. The molecular formula is C13H15ClN4.